The third-order valence-electron chi connectivity index (χ3n) is 7.41. The van der Waals surface area contributed by atoms with Crippen LogP contribution in [0.5, 0.6) is 0 Å². The standard InChI is InChI=1S/C25H31N5/c1-18-23-17-30(21-6-7-21)27-24(23)10-13-29(18)15-14-28-11-8-19(9-12-28)25-22-5-3-2-4-20(22)16-26-25/h2-5,17,19,21H,1,6-16H2. The topological polar surface area (TPSA) is 36.7 Å². The molecule has 4 heterocycles. The Morgan fingerprint density at radius 3 is 2.63 bits per heavy atom. The van der Waals surface area contributed by atoms with Crippen molar-refractivity contribution in [2.75, 3.05) is 32.7 Å². The first-order valence-electron chi connectivity index (χ1n) is 11.6. The zero-order valence-corrected chi connectivity index (χ0v) is 17.8. The summed E-state index contributed by atoms with van der Waals surface area (Å²) in [5.74, 6) is 0.630. The maximum Gasteiger partial charge on any atom is 0.0735 e. The average Bonchev–Trinajstić information content (AvgIpc) is 3.39. The summed E-state index contributed by atoms with van der Waals surface area (Å²) in [5.41, 5.74) is 7.89. The Bertz CT molecular complexity index is 991. The van der Waals surface area contributed by atoms with E-state index in [2.05, 4.69) is 51.5 Å². The second-order valence-electron chi connectivity index (χ2n) is 9.36. The molecule has 0 unspecified atom stereocenters. The van der Waals surface area contributed by atoms with Crippen molar-refractivity contribution in [1.29, 1.82) is 0 Å². The molecular weight excluding hydrogens is 370 g/mol. The number of rotatable bonds is 5. The van der Waals surface area contributed by atoms with Gasteiger partial charge in [-0.05, 0) is 44.3 Å². The van der Waals surface area contributed by atoms with Crippen LogP contribution in [0.4, 0.5) is 0 Å². The summed E-state index contributed by atoms with van der Waals surface area (Å²) >= 11 is 0. The number of aliphatic imine (C=N–C) groups is 1. The number of aromatic nitrogens is 2. The Labute approximate surface area is 179 Å². The van der Waals surface area contributed by atoms with E-state index in [4.69, 9.17) is 10.1 Å². The number of fused-ring (bicyclic) bond motifs is 2. The van der Waals surface area contributed by atoms with Crippen LogP contribution in [0.2, 0.25) is 0 Å². The van der Waals surface area contributed by atoms with Crippen molar-refractivity contribution >= 4 is 11.4 Å². The van der Waals surface area contributed by atoms with E-state index in [1.165, 1.54) is 72.6 Å². The normalized spacial score (nSPS) is 22.2. The lowest BCUT2D eigenvalue weighted by atomic mass is 9.87. The Morgan fingerprint density at radius 1 is 0.967 bits per heavy atom. The van der Waals surface area contributed by atoms with Crippen molar-refractivity contribution in [2.45, 2.75) is 44.7 Å². The van der Waals surface area contributed by atoms with Crippen LogP contribution in [0.25, 0.3) is 5.70 Å². The van der Waals surface area contributed by atoms with Gasteiger partial charge in [0.2, 0.25) is 0 Å². The molecule has 0 bridgehead atoms. The highest BCUT2D eigenvalue weighted by Gasteiger charge is 2.30. The van der Waals surface area contributed by atoms with E-state index in [9.17, 15) is 0 Å². The predicted octanol–water partition coefficient (Wildman–Crippen LogP) is 3.76. The molecule has 0 N–H and O–H groups in total. The lowest BCUT2D eigenvalue weighted by Crippen LogP contribution is -2.41. The van der Waals surface area contributed by atoms with Gasteiger partial charge in [-0.25, -0.2) is 0 Å². The van der Waals surface area contributed by atoms with Gasteiger partial charge in [0.1, 0.15) is 0 Å². The van der Waals surface area contributed by atoms with Crippen LogP contribution in [-0.4, -0.2) is 58.0 Å². The molecule has 30 heavy (non-hydrogen) atoms. The smallest absolute Gasteiger partial charge is 0.0735 e. The van der Waals surface area contributed by atoms with Gasteiger partial charge in [-0.15, -0.1) is 0 Å². The van der Waals surface area contributed by atoms with Crippen LogP contribution >= 0.6 is 0 Å². The molecule has 1 saturated carbocycles. The van der Waals surface area contributed by atoms with Crippen LogP contribution in [-0.2, 0) is 13.0 Å². The predicted molar refractivity (Wildman–Crippen MR) is 121 cm³/mol. The summed E-state index contributed by atoms with van der Waals surface area (Å²) < 4.78 is 2.19. The Morgan fingerprint density at radius 2 is 1.80 bits per heavy atom. The summed E-state index contributed by atoms with van der Waals surface area (Å²) in [5, 5.41) is 4.82. The molecule has 5 heteroatoms. The van der Waals surface area contributed by atoms with E-state index in [1.54, 1.807) is 0 Å². The van der Waals surface area contributed by atoms with Gasteiger partial charge >= 0.3 is 0 Å². The minimum absolute atomic E-state index is 0.630. The molecule has 4 aliphatic rings. The lowest BCUT2D eigenvalue weighted by Gasteiger charge is -2.36. The maximum atomic E-state index is 4.89. The summed E-state index contributed by atoms with van der Waals surface area (Å²) in [6, 6.07) is 9.42. The molecule has 6 rings (SSSR count). The molecule has 3 aliphatic heterocycles. The van der Waals surface area contributed by atoms with Gasteiger partial charge in [0.05, 0.1) is 18.3 Å². The van der Waals surface area contributed by atoms with Gasteiger partial charge in [-0.2, -0.15) is 5.10 Å². The van der Waals surface area contributed by atoms with E-state index >= 15 is 0 Å². The Kier molecular flexibility index (Phi) is 4.52. The van der Waals surface area contributed by atoms with Crippen LogP contribution in [0.3, 0.4) is 0 Å². The van der Waals surface area contributed by atoms with E-state index in [0.29, 0.717) is 12.0 Å². The molecule has 2 aromatic rings. The molecule has 0 spiro atoms. The minimum Gasteiger partial charge on any atom is -0.370 e. The largest absolute Gasteiger partial charge is 0.370 e. The molecular formula is C25H31N5. The third-order valence-corrected chi connectivity index (χ3v) is 7.41. The summed E-state index contributed by atoms with van der Waals surface area (Å²) in [6.07, 6.45) is 8.32. The molecule has 156 valence electrons. The molecule has 1 saturated heterocycles. The zero-order valence-electron chi connectivity index (χ0n) is 17.8. The van der Waals surface area contributed by atoms with Crippen LogP contribution < -0.4 is 0 Å². The Balaban J connectivity index is 1.03. The molecule has 1 aromatic heterocycles. The number of nitrogens with zero attached hydrogens (tertiary/aromatic N) is 5. The average molecular weight is 402 g/mol. The minimum atomic E-state index is 0.630. The number of benzene rings is 1. The number of hydrogen-bond donors (Lipinski definition) is 0. The Hall–Kier alpha value is -2.40. The van der Waals surface area contributed by atoms with Crippen LogP contribution in [0, 0.1) is 5.92 Å². The first-order valence-corrected chi connectivity index (χ1v) is 11.6. The van der Waals surface area contributed by atoms with Crippen molar-refractivity contribution in [3.05, 3.63) is 59.4 Å². The highest BCUT2D eigenvalue weighted by atomic mass is 15.3. The van der Waals surface area contributed by atoms with Crippen molar-refractivity contribution in [3.8, 4) is 0 Å². The third kappa shape index (κ3) is 3.29. The number of hydrogen-bond acceptors (Lipinski definition) is 4. The van der Waals surface area contributed by atoms with Crippen molar-refractivity contribution in [2.24, 2.45) is 10.9 Å². The summed E-state index contributed by atoms with van der Waals surface area (Å²) in [6.45, 7) is 10.9. The molecule has 0 radical (unpaired) electrons. The van der Waals surface area contributed by atoms with Gasteiger partial charge in [-0.1, -0.05) is 30.8 Å². The SMILES string of the molecule is C=C1c2cn(C3CC3)nc2CCN1CCN1CCC(C2=NCc3ccccc32)CC1. The van der Waals surface area contributed by atoms with E-state index < -0.39 is 0 Å². The number of piperidine rings is 1. The first kappa shape index (κ1) is 18.4. The van der Waals surface area contributed by atoms with E-state index in [-0.39, 0.29) is 0 Å². The van der Waals surface area contributed by atoms with Gasteiger partial charge in [0.15, 0.2) is 0 Å². The quantitative estimate of drug-likeness (QED) is 0.765. The van der Waals surface area contributed by atoms with E-state index in [1.807, 2.05) is 0 Å². The lowest BCUT2D eigenvalue weighted by molar-refractivity contribution is 0.191. The van der Waals surface area contributed by atoms with E-state index in [0.717, 1.165) is 32.6 Å². The fourth-order valence-electron chi connectivity index (χ4n) is 5.38. The maximum absolute atomic E-state index is 4.89. The second kappa shape index (κ2) is 7.38. The van der Waals surface area contributed by atoms with Crippen molar-refractivity contribution in [1.82, 2.24) is 19.6 Å². The zero-order chi connectivity index (χ0) is 20.1. The van der Waals surface area contributed by atoms with Crippen molar-refractivity contribution < 1.29 is 0 Å². The number of likely N-dealkylation sites (tertiary alicyclic amines) is 1. The second-order valence-corrected chi connectivity index (χ2v) is 9.36. The van der Waals surface area contributed by atoms with Gasteiger partial charge < -0.3 is 9.80 Å². The van der Waals surface area contributed by atoms with Gasteiger partial charge in [-0.3, -0.25) is 9.67 Å². The fourth-order valence-corrected chi connectivity index (χ4v) is 5.38. The van der Waals surface area contributed by atoms with Crippen molar-refractivity contribution in [3.63, 3.8) is 0 Å². The van der Waals surface area contributed by atoms with Crippen LogP contribution in [0.1, 0.15) is 54.1 Å². The van der Waals surface area contributed by atoms with Crippen LogP contribution in [0.15, 0.2) is 42.0 Å². The van der Waals surface area contributed by atoms with Gasteiger partial charge in [0.25, 0.3) is 0 Å². The molecule has 5 nitrogen and oxygen atoms in total. The molecule has 0 atom stereocenters. The molecule has 1 aromatic carbocycles. The fraction of sp³-hybridized carbons (Fsp3) is 0.520. The highest BCUT2D eigenvalue weighted by molar-refractivity contribution is 6.05. The monoisotopic (exact) mass is 401 g/mol. The molecule has 0 amide bonds. The molecule has 1 aliphatic carbocycles. The highest BCUT2D eigenvalue weighted by Crippen LogP contribution is 2.37. The summed E-state index contributed by atoms with van der Waals surface area (Å²) in [4.78, 5) is 10.0. The summed E-state index contributed by atoms with van der Waals surface area (Å²) in [7, 11) is 0. The first-order chi connectivity index (χ1) is 14.8. The molecule has 2 fully saturated rings. The van der Waals surface area contributed by atoms with Gasteiger partial charge in [0, 0.05) is 60.7 Å².